The van der Waals surface area contributed by atoms with Crippen molar-refractivity contribution in [1.82, 2.24) is 9.97 Å². The average molecular weight is 281 g/mol. The fourth-order valence-corrected chi connectivity index (χ4v) is 2.63. The van der Waals surface area contributed by atoms with E-state index in [2.05, 4.69) is 56.4 Å². The molecule has 3 nitrogen and oxygen atoms in total. The normalized spacial score (nSPS) is 19.3. The van der Waals surface area contributed by atoms with Crippen LogP contribution < -0.4 is 5.32 Å². The monoisotopic (exact) mass is 281 g/mol. The van der Waals surface area contributed by atoms with Crippen LogP contribution in [-0.4, -0.2) is 16.5 Å². The third kappa shape index (κ3) is 3.07. The molecule has 21 heavy (non-hydrogen) atoms. The first-order chi connectivity index (χ1) is 10.1. The molecule has 0 bridgehead atoms. The van der Waals surface area contributed by atoms with Crippen molar-refractivity contribution in [1.29, 1.82) is 0 Å². The fourth-order valence-electron chi connectivity index (χ4n) is 2.63. The van der Waals surface area contributed by atoms with Crippen LogP contribution in [0.15, 0.2) is 36.4 Å². The lowest BCUT2D eigenvalue weighted by Gasteiger charge is -2.10. The molecule has 1 aliphatic carbocycles. The van der Waals surface area contributed by atoms with Gasteiger partial charge in [0.05, 0.1) is 5.69 Å². The standard InChI is InChI=1S/C18H23N3/c1-4-10-19-16-11-15(13-8-6-5-7-9-13)20-17(21-16)14-12-18(14,2)3/h5-9,11,14H,4,10,12H2,1-3H3,(H,19,20,21). The van der Waals surface area contributed by atoms with Gasteiger partial charge >= 0.3 is 0 Å². The number of benzene rings is 1. The van der Waals surface area contributed by atoms with E-state index in [0.29, 0.717) is 11.3 Å². The molecule has 1 saturated carbocycles. The Morgan fingerprint density at radius 1 is 1.19 bits per heavy atom. The fraction of sp³-hybridized carbons (Fsp3) is 0.444. The molecule has 1 aromatic carbocycles. The molecule has 1 fully saturated rings. The molecule has 0 saturated heterocycles. The van der Waals surface area contributed by atoms with Crippen LogP contribution >= 0.6 is 0 Å². The average Bonchev–Trinajstić information content (AvgIpc) is 3.14. The summed E-state index contributed by atoms with van der Waals surface area (Å²) >= 11 is 0. The summed E-state index contributed by atoms with van der Waals surface area (Å²) in [5.41, 5.74) is 2.51. The molecule has 1 heterocycles. The third-order valence-electron chi connectivity index (χ3n) is 4.19. The zero-order valence-corrected chi connectivity index (χ0v) is 13.1. The second-order valence-corrected chi connectivity index (χ2v) is 6.53. The van der Waals surface area contributed by atoms with Gasteiger partial charge in [-0.05, 0) is 18.3 Å². The Bertz CT molecular complexity index is 620. The van der Waals surface area contributed by atoms with E-state index in [1.807, 2.05) is 6.07 Å². The Hall–Kier alpha value is -1.90. The number of rotatable bonds is 5. The summed E-state index contributed by atoms with van der Waals surface area (Å²) in [6, 6.07) is 12.4. The van der Waals surface area contributed by atoms with Crippen LogP contribution in [0.2, 0.25) is 0 Å². The summed E-state index contributed by atoms with van der Waals surface area (Å²) in [6.45, 7) is 7.68. The van der Waals surface area contributed by atoms with E-state index in [4.69, 9.17) is 9.97 Å². The van der Waals surface area contributed by atoms with Crippen molar-refractivity contribution in [3.8, 4) is 11.3 Å². The Kier molecular flexibility index (Phi) is 3.66. The first-order valence-electron chi connectivity index (χ1n) is 7.78. The number of anilines is 1. The predicted molar refractivity (Wildman–Crippen MR) is 87.4 cm³/mol. The van der Waals surface area contributed by atoms with Crippen LogP contribution in [0.25, 0.3) is 11.3 Å². The van der Waals surface area contributed by atoms with E-state index < -0.39 is 0 Å². The molecular formula is C18H23N3. The lowest BCUT2D eigenvalue weighted by atomic mass is 10.1. The summed E-state index contributed by atoms with van der Waals surface area (Å²) in [5, 5.41) is 3.40. The van der Waals surface area contributed by atoms with Crippen LogP contribution in [-0.2, 0) is 0 Å². The summed E-state index contributed by atoms with van der Waals surface area (Å²) in [7, 11) is 0. The maximum Gasteiger partial charge on any atom is 0.135 e. The van der Waals surface area contributed by atoms with Gasteiger partial charge in [0.15, 0.2) is 0 Å². The van der Waals surface area contributed by atoms with Crippen molar-refractivity contribution in [2.75, 3.05) is 11.9 Å². The number of hydrogen-bond donors (Lipinski definition) is 1. The van der Waals surface area contributed by atoms with E-state index in [9.17, 15) is 0 Å². The maximum atomic E-state index is 4.82. The summed E-state index contributed by atoms with van der Waals surface area (Å²) in [5.74, 6) is 2.42. The molecule has 110 valence electrons. The highest BCUT2D eigenvalue weighted by Crippen LogP contribution is 2.57. The smallest absolute Gasteiger partial charge is 0.135 e. The predicted octanol–water partition coefficient (Wildman–Crippen LogP) is 4.48. The molecule has 0 radical (unpaired) electrons. The summed E-state index contributed by atoms with van der Waals surface area (Å²) in [4.78, 5) is 9.55. The van der Waals surface area contributed by atoms with Gasteiger partial charge in [-0.15, -0.1) is 0 Å². The number of aromatic nitrogens is 2. The highest BCUT2D eigenvalue weighted by molar-refractivity contribution is 5.62. The second kappa shape index (κ2) is 5.47. The van der Waals surface area contributed by atoms with Gasteiger partial charge in [-0.25, -0.2) is 9.97 Å². The zero-order chi connectivity index (χ0) is 14.9. The first kappa shape index (κ1) is 14.1. The SMILES string of the molecule is CCCNc1cc(-c2ccccc2)nc(C2CC2(C)C)n1. The summed E-state index contributed by atoms with van der Waals surface area (Å²) in [6.07, 6.45) is 2.27. The molecule has 0 aliphatic heterocycles. The number of nitrogens with one attached hydrogen (secondary N) is 1. The molecule has 0 amide bonds. The minimum absolute atomic E-state index is 0.345. The van der Waals surface area contributed by atoms with Crippen molar-refractivity contribution < 1.29 is 0 Å². The molecule has 1 unspecified atom stereocenters. The van der Waals surface area contributed by atoms with Gasteiger partial charge in [0, 0.05) is 24.1 Å². The summed E-state index contributed by atoms with van der Waals surface area (Å²) < 4.78 is 0. The van der Waals surface area contributed by atoms with Crippen LogP contribution in [0.5, 0.6) is 0 Å². The van der Waals surface area contributed by atoms with E-state index in [1.54, 1.807) is 0 Å². The number of nitrogens with zero attached hydrogens (tertiary/aromatic N) is 2. The zero-order valence-electron chi connectivity index (χ0n) is 13.1. The van der Waals surface area contributed by atoms with Crippen molar-refractivity contribution in [3.05, 3.63) is 42.2 Å². The second-order valence-electron chi connectivity index (χ2n) is 6.53. The first-order valence-corrected chi connectivity index (χ1v) is 7.78. The molecule has 3 heteroatoms. The maximum absolute atomic E-state index is 4.82. The number of hydrogen-bond acceptors (Lipinski definition) is 3. The van der Waals surface area contributed by atoms with Crippen molar-refractivity contribution >= 4 is 5.82 Å². The van der Waals surface area contributed by atoms with Gasteiger partial charge in [0.2, 0.25) is 0 Å². The molecule has 3 rings (SSSR count). The van der Waals surface area contributed by atoms with Gasteiger partial charge in [0.1, 0.15) is 11.6 Å². The van der Waals surface area contributed by atoms with E-state index in [0.717, 1.165) is 35.9 Å². The van der Waals surface area contributed by atoms with Gasteiger partial charge in [-0.1, -0.05) is 51.1 Å². The topological polar surface area (TPSA) is 37.8 Å². The van der Waals surface area contributed by atoms with Crippen LogP contribution in [0, 0.1) is 5.41 Å². The Morgan fingerprint density at radius 2 is 1.90 bits per heavy atom. The quantitative estimate of drug-likeness (QED) is 0.878. The molecule has 1 atom stereocenters. The van der Waals surface area contributed by atoms with Crippen LogP contribution in [0.1, 0.15) is 45.4 Å². The van der Waals surface area contributed by atoms with Crippen molar-refractivity contribution in [2.45, 2.75) is 39.5 Å². The minimum atomic E-state index is 0.345. The Balaban J connectivity index is 1.97. The molecule has 1 aliphatic rings. The van der Waals surface area contributed by atoms with Gasteiger partial charge in [-0.3, -0.25) is 0 Å². The van der Waals surface area contributed by atoms with Gasteiger partial charge in [-0.2, -0.15) is 0 Å². The Labute approximate surface area is 126 Å². The highest BCUT2D eigenvalue weighted by atomic mass is 15.0. The van der Waals surface area contributed by atoms with Crippen LogP contribution in [0.4, 0.5) is 5.82 Å². The van der Waals surface area contributed by atoms with Gasteiger partial charge in [0.25, 0.3) is 0 Å². The Morgan fingerprint density at radius 3 is 2.52 bits per heavy atom. The minimum Gasteiger partial charge on any atom is -0.370 e. The van der Waals surface area contributed by atoms with Gasteiger partial charge < -0.3 is 5.32 Å². The molecule has 1 aromatic heterocycles. The molecule has 1 N–H and O–H groups in total. The van der Waals surface area contributed by atoms with E-state index in [-0.39, 0.29) is 0 Å². The largest absolute Gasteiger partial charge is 0.370 e. The lowest BCUT2D eigenvalue weighted by Crippen LogP contribution is -2.06. The van der Waals surface area contributed by atoms with E-state index in [1.165, 1.54) is 6.42 Å². The van der Waals surface area contributed by atoms with Crippen LogP contribution in [0.3, 0.4) is 0 Å². The lowest BCUT2D eigenvalue weighted by molar-refractivity contribution is 0.609. The van der Waals surface area contributed by atoms with Crippen molar-refractivity contribution in [2.24, 2.45) is 5.41 Å². The third-order valence-corrected chi connectivity index (χ3v) is 4.19. The molecule has 2 aromatic rings. The van der Waals surface area contributed by atoms with E-state index >= 15 is 0 Å². The molecular weight excluding hydrogens is 258 g/mol. The molecule has 0 spiro atoms. The highest BCUT2D eigenvalue weighted by Gasteiger charge is 2.48. The van der Waals surface area contributed by atoms with Crippen molar-refractivity contribution in [3.63, 3.8) is 0 Å².